The third kappa shape index (κ3) is 6.69. The first kappa shape index (κ1) is 28.0. The number of methoxy groups -OCH3 is 1. The van der Waals surface area contributed by atoms with Gasteiger partial charge < -0.3 is 14.2 Å². The van der Waals surface area contributed by atoms with Crippen molar-refractivity contribution in [1.82, 2.24) is 4.90 Å². The van der Waals surface area contributed by atoms with E-state index in [2.05, 4.69) is 27.6 Å². The van der Waals surface area contributed by atoms with Crippen LogP contribution < -0.4 is 9.47 Å². The molecule has 196 valence electrons. The van der Waals surface area contributed by atoms with Crippen molar-refractivity contribution in [2.45, 2.75) is 13.5 Å². The largest absolute Gasteiger partial charge is 0.490 e. The maximum atomic E-state index is 13.0. The molecule has 1 fully saturated rings. The maximum Gasteiger partial charge on any atom is 0.337 e. The summed E-state index contributed by atoms with van der Waals surface area (Å²) in [6.07, 6.45) is 1.82. The molecular weight excluding hydrogens is 639 g/mol. The molecular formula is C28H24ClIN2O5S. The summed E-state index contributed by atoms with van der Waals surface area (Å²) in [5, 5.41) is 1.21. The zero-order chi connectivity index (χ0) is 27.2. The summed E-state index contributed by atoms with van der Waals surface area (Å²) in [5.74, 6) is 0.670. The number of carbonyl (C=O) groups excluding carboxylic acids is 2. The topological polar surface area (TPSA) is 77.4 Å². The zero-order valence-corrected chi connectivity index (χ0v) is 24.6. The highest BCUT2D eigenvalue weighted by Crippen LogP contribution is 2.38. The molecule has 0 atom stereocenters. The second-order valence-corrected chi connectivity index (χ2v) is 10.7. The Morgan fingerprint density at radius 1 is 1.11 bits per heavy atom. The Bertz CT molecular complexity index is 1410. The summed E-state index contributed by atoms with van der Waals surface area (Å²) in [6, 6.07) is 18.0. The lowest BCUT2D eigenvalue weighted by Crippen LogP contribution is -2.23. The Labute approximate surface area is 244 Å². The Morgan fingerprint density at radius 2 is 1.82 bits per heavy atom. The molecule has 1 aliphatic rings. The quantitative estimate of drug-likeness (QED) is 0.148. The number of halogens is 2. The third-order valence-corrected chi connectivity index (χ3v) is 7.56. The highest BCUT2D eigenvalue weighted by atomic mass is 127. The maximum absolute atomic E-state index is 13.0. The van der Waals surface area contributed by atoms with Gasteiger partial charge >= 0.3 is 5.97 Å². The number of amidine groups is 1. The van der Waals surface area contributed by atoms with Crippen LogP contribution in [0.5, 0.6) is 11.5 Å². The summed E-state index contributed by atoms with van der Waals surface area (Å²) < 4.78 is 17.6. The van der Waals surface area contributed by atoms with Crippen LogP contribution in [0.15, 0.2) is 70.6 Å². The molecule has 3 aromatic carbocycles. The summed E-state index contributed by atoms with van der Waals surface area (Å²) >= 11 is 9.47. The lowest BCUT2D eigenvalue weighted by molar-refractivity contribution is -0.121. The van der Waals surface area contributed by atoms with Crippen LogP contribution in [0.25, 0.3) is 6.08 Å². The van der Waals surface area contributed by atoms with E-state index in [9.17, 15) is 9.59 Å². The Hall–Kier alpha value is -3.02. The first-order valence-electron chi connectivity index (χ1n) is 11.6. The number of rotatable bonds is 8. The molecule has 0 saturated carbocycles. The fraction of sp³-hybridized carbons (Fsp3) is 0.179. The Morgan fingerprint density at radius 3 is 2.47 bits per heavy atom. The molecule has 0 N–H and O–H groups in total. The molecule has 1 amide bonds. The van der Waals surface area contributed by atoms with Gasteiger partial charge in [-0.3, -0.25) is 9.69 Å². The molecule has 0 aromatic heterocycles. The highest BCUT2D eigenvalue weighted by molar-refractivity contribution is 14.1. The van der Waals surface area contributed by atoms with E-state index in [-0.39, 0.29) is 5.91 Å². The van der Waals surface area contributed by atoms with Crippen molar-refractivity contribution in [1.29, 1.82) is 0 Å². The van der Waals surface area contributed by atoms with E-state index in [0.717, 1.165) is 14.7 Å². The van der Waals surface area contributed by atoms with Gasteiger partial charge in [0.15, 0.2) is 16.7 Å². The van der Waals surface area contributed by atoms with Gasteiger partial charge in [-0.05, 0) is 107 Å². The van der Waals surface area contributed by atoms with Crippen LogP contribution in [-0.2, 0) is 16.1 Å². The summed E-state index contributed by atoms with van der Waals surface area (Å²) in [7, 11) is 3.02. The third-order valence-electron chi connectivity index (χ3n) is 5.44. The van der Waals surface area contributed by atoms with E-state index in [0.29, 0.717) is 51.1 Å². The van der Waals surface area contributed by atoms with Gasteiger partial charge in [-0.25, -0.2) is 9.79 Å². The molecule has 38 heavy (non-hydrogen) atoms. The molecule has 0 radical (unpaired) electrons. The first-order chi connectivity index (χ1) is 18.3. The van der Waals surface area contributed by atoms with Crippen LogP contribution in [0.3, 0.4) is 0 Å². The summed E-state index contributed by atoms with van der Waals surface area (Å²) in [5.41, 5.74) is 2.85. The van der Waals surface area contributed by atoms with Crippen molar-refractivity contribution >= 4 is 74.8 Å². The van der Waals surface area contributed by atoms with Gasteiger partial charge in [-0.2, -0.15) is 0 Å². The average molecular weight is 663 g/mol. The van der Waals surface area contributed by atoms with Crippen molar-refractivity contribution < 1.29 is 23.8 Å². The number of hydrogen-bond acceptors (Lipinski definition) is 7. The number of aliphatic imine (C=N–C) groups is 1. The molecule has 7 nitrogen and oxygen atoms in total. The van der Waals surface area contributed by atoms with Crippen molar-refractivity contribution in [3.05, 3.63) is 90.9 Å². The van der Waals surface area contributed by atoms with Gasteiger partial charge in [-0.1, -0.05) is 23.7 Å². The number of thioether (sulfide) groups is 1. The number of ether oxygens (including phenoxy) is 3. The number of nitrogens with zero attached hydrogens (tertiary/aromatic N) is 2. The standard InChI is InChI=1S/C28H24ClIN2O5S/c1-4-36-23-14-18(13-22(30)25(23)37-16-17-5-9-20(29)10-6-17)15-24-26(33)32(2)28(38-24)31-21-11-7-19(8-12-21)27(34)35-3/h5-15H,4,16H2,1-3H3/b24-15-,31-28?. The van der Waals surface area contributed by atoms with Crippen molar-refractivity contribution in [2.75, 3.05) is 20.8 Å². The summed E-state index contributed by atoms with van der Waals surface area (Å²) in [6.45, 7) is 2.75. The Balaban J connectivity index is 1.55. The van der Waals surface area contributed by atoms with Crippen LogP contribution in [0.1, 0.15) is 28.4 Å². The fourth-order valence-corrected chi connectivity index (χ4v) is 5.41. The molecule has 0 spiro atoms. The lowest BCUT2D eigenvalue weighted by Gasteiger charge is -2.15. The van der Waals surface area contributed by atoms with Gasteiger partial charge in [0.2, 0.25) is 0 Å². The van der Waals surface area contributed by atoms with Crippen molar-refractivity contribution in [2.24, 2.45) is 4.99 Å². The minimum atomic E-state index is -0.417. The summed E-state index contributed by atoms with van der Waals surface area (Å²) in [4.78, 5) is 31.2. The molecule has 0 unspecified atom stereocenters. The lowest BCUT2D eigenvalue weighted by atomic mass is 10.1. The number of amides is 1. The Kier molecular flexibility index (Phi) is 9.35. The van der Waals surface area contributed by atoms with Crippen LogP contribution in [0.2, 0.25) is 5.02 Å². The van der Waals surface area contributed by atoms with Crippen molar-refractivity contribution in [3.8, 4) is 11.5 Å². The number of carbonyl (C=O) groups is 2. The molecule has 4 rings (SSSR count). The number of hydrogen-bond donors (Lipinski definition) is 0. The van der Waals surface area contributed by atoms with Gasteiger partial charge in [0, 0.05) is 12.1 Å². The van der Waals surface area contributed by atoms with Crippen LogP contribution in [0, 0.1) is 3.57 Å². The van der Waals surface area contributed by atoms with E-state index in [1.54, 1.807) is 31.3 Å². The molecule has 1 saturated heterocycles. The average Bonchev–Trinajstić information content (AvgIpc) is 3.17. The normalized spacial score (nSPS) is 15.3. The van der Waals surface area contributed by atoms with Crippen LogP contribution in [-0.4, -0.2) is 42.7 Å². The molecule has 3 aromatic rings. The molecule has 1 heterocycles. The zero-order valence-electron chi connectivity index (χ0n) is 20.9. The van der Waals surface area contributed by atoms with E-state index in [4.69, 9.17) is 25.8 Å². The van der Waals surface area contributed by atoms with E-state index in [1.165, 1.54) is 23.8 Å². The smallest absolute Gasteiger partial charge is 0.337 e. The number of esters is 1. The molecule has 1 aliphatic heterocycles. The second-order valence-electron chi connectivity index (χ2n) is 8.09. The predicted molar refractivity (Wildman–Crippen MR) is 159 cm³/mol. The second kappa shape index (κ2) is 12.7. The number of likely N-dealkylation sites (N-methyl/N-ethyl adjacent to an activating group) is 1. The number of benzene rings is 3. The van der Waals surface area contributed by atoms with E-state index >= 15 is 0 Å². The molecule has 0 aliphatic carbocycles. The highest BCUT2D eigenvalue weighted by Gasteiger charge is 2.30. The van der Waals surface area contributed by atoms with Crippen LogP contribution >= 0.6 is 46.0 Å². The minimum absolute atomic E-state index is 0.157. The minimum Gasteiger partial charge on any atom is -0.490 e. The van der Waals surface area contributed by atoms with Crippen molar-refractivity contribution in [3.63, 3.8) is 0 Å². The van der Waals surface area contributed by atoms with Crippen LogP contribution in [0.4, 0.5) is 5.69 Å². The monoisotopic (exact) mass is 662 g/mol. The van der Waals surface area contributed by atoms with Gasteiger partial charge in [-0.15, -0.1) is 0 Å². The van der Waals surface area contributed by atoms with Gasteiger partial charge in [0.1, 0.15) is 6.61 Å². The predicted octanol–water partition coefficient (Wildman–Crippen LogP) is 6.94. The molecule has 0 bridgehead atoms. The SMILES string of the molecule is CCOc1cc(/C=C2\SC(=Nc3ccc(C(=O)OC)cc3)N(C)C2=O)cc(I)c1OCc1ccc(Cl)cc1. The first-order valence-corrected chi connectivity index (χ1v) is 13.8. The van der Waals surface area contributed by atoms with E-state index < -0.39 is 5.97 Å². The fourth-order valence-electron chi connectivity index (χ4n) is 3.51. The van der Waals surface area contributed by atoms with Gasteiger partial charge in [0.05, 0.1) is 33.4 Å². The van der Waals surface area contributed by atoms with E-state index in [1.807, 2.05) is 49.4 Å². The molecule has 10 heteroatoms. The van der Waals surface area contributed by atoms with Gasteiger partial charge in [0.25, 0.3) is 5.91 Å².